The van der Waals surface area contributed by atoms with Gasteiger partial charge in [0, 0.05) is 31.0 Å². The summed E-state index contributed by atoms with van der Waals surface area (Å²) >= 11 is 12.2. The van der Waals surface area contributed by atoms with Crippen LogP contribution in [0.25, 0.3) is 22.4 Å². The molecule has 0 spiro atoms. The first kappa shape index (κ1) is 32.5. The van der Waals surface area contributed by atoms with Gasteiger partial charge in [0.1, 0.15) is 18.0 Å². The highest BCUT2D eigenvalue weighted by molar-refractivity contribution is 6.39. The zero-order valence-corrected chi connectivity index (χ0v) is 26.2. The Hall–Kier alpha value is -4.45. The van der Waals surface area contributed by atoms with E-state index < -0.39 is 17.6 Å². The highest BCUT2D eigenvalue weighted by atomic mass is 35.5. The van der Waals surface area contributed by atoms with Crippen LogP contribution in [0.15, 0.2) is 65.7 Å². The number of ether oxygens (including phenoxy) is 2. The summed E-state index contributed by atoms with van der Waals surface area (Å²) in [5.74, 6) is 0.0744. The van der Waals surface area contributed by atoms with Crippen LogP contribution in [0, 0.1) is 0 Å². The summed E-state index contributed by atoms with van der Waals surface area (Å²) in [4.78, 5) is 44.4. The number of aryl methyl sites for hydroxylation is 1. The number of carbonyl (C=O) groups excluding carboxylic acids is 2. The van der Waals surface area contributed by atoms with Gasteiger partial charge in [-0.15, -0.1) is 0 Å². The van der Waals surface area contributed by atoms with Crippen molar-refractivity contribution in [1.82, 2.24) is 19.7 Å². The van der Waals surface area contributed by atoms with Crippen LogP contribution in [-0.4, -0.2) is 65.5 Å². The number of aromatic nitrogens is 3. The molecular formula is C31H32Cl2N6O5. The maximum absolute atomic E-state index is 13.0. The van der Waals surface area contributed by atoms with E-state index in [-0.39, 0.29) is 34.6 Å². The number of likely N-dealkylation sites (N-methyl/N-ethyl adjacent to an activating group) is 1. The fraction of sp³-hybridized carbons (Fsp3) is 0.258. The van der Waals surface area contributed by atoms with E-state index in [4.69, 9.17) is 32.7 Å². The lowest BCUT2D eigenvalue weighted by atomic mass is 9.99. The van der Waals surface area contributed by atoms with E-state index in [2.05, 4.69) is 20.7 Å². The summed E-state index contributed by atoms with van der Waals surface area (Å²) in [6, 6.07) is 13.5. The smallest absolute Gasteiger partial charge is 0.338 e. The number of hydrogen-bond acceptors (Lipinski definition) is 8. The molecule has 0 aliphatic heterocycles. The molecule has 0 saturated heterocycles. The lowest BCUT2D eigenvalue weighted by Gasteiger charge is -2.14. The number of carbonyl (C=O) groups is 2. The van der Waals surface area contributed by atoms with Crippen molar-refractivity contribution in [2.75, 3.05) is 44.5 Å². The van der Waals surface area contributed by atoms with Crippen molar-refractivity contribution in [1.29, 1.82) is 0 Å². The minimum absolute atomic E-state index is 0.00180. The largest absolute Gasteiger partial charge is 0.492 e. The van der Waals surface area contributed by atoms with Gasteiger partial charge >= 0.3 is 12.0 Å². The number of pyridine rings is 1. The summed E-state index contributed by atoms with van der Waals surface area (Å²) < 4.78 is 12.4. The van der Waals surface area contributed by atoms with E-state index in [0.717, 1.165) is 11.1 Å². The Labute approximate surface area is 264 Å². The van der Waals surface area contributed by atoms with E-state index >= 15 is 0 Å². The molecule has 11 nitrogen and oxygen atoms in total. The first-order valence-electron chi connectivity index (χ1n) is 13.8. The number of esters is 1. The molecular weight excluding hydrogens is 607 g/mol. The van der Waals surface area contributed by atoms with Gasteiger partial charge in [-0.05, 0) is 69.4 Å². The SMILES string of the molecule is CCOC(=O)c1cc(OCCN(C)C)cc(-c2cccc(-c3cc(NC(=O)Nc4c(Cl)cncc4Cl)c(=O)n(CC)n3)c2)c1. The zero-order chi connectivity index (χ0) is 31.8. The van der Waals surface area contributed by atoms with E-state index in [0.29, 0.717) is 35.7 Å². The molecule has 0 atom stereocenters. The molecule has 0 saturated carbocycles. The first-order chi connectivity index (χ1) is 21.1. The number of nitrogens with one attached hydrogen (secondary N) is 2. The van der Waals surface area contributed by atoms with Crippen LogP contribution in [0.1, 0.15) is 24.2 Å². The van der Waals surface area contributed by atoms with Crippen LogP contribution >= 0.6 is 23.2 Å². The Balaban J connectivity index is 1.69. The topological polar surface area (TPSA) is 128 Å². The number of urea groups is 1. The van der Waals surface area contributed by atoms with E-state index in [1.165, 1.54) is 23.1 Å². The monoisotopic (exact) mass is 638 g/mol. The quantitative estimate of drug-likeness (QED) is 0.190. The van der Waals surface area contributed by atoms with Gasteiger partial charge in [0.15, 0.2) is 0 Å². The highest BCUT2D eigenvalue weighted by Crippen LogP contribution is 2.31. The summed E-state index contributed by atoms with van der Waals surface area (Å²) in [6.45, 7) is 5.16. The molecule has 0 bridgehead atoms. The van der Waals surface area contributed by atoms with Gasteiger partial charge in [0.25, 0.3) is 5.56 Å². The summed E-state index contributed by atoms with van der Waals surface area (Å²) in [6.07, 6.45) is 2.68. The molecule has 2 N–H and O–H groups in total. The zero-order valence-electron chi connectivity index (χ0n) is 24.7. The van der Waals surface area contributed by atoms with Crippen molar-refractivity contribution in [3.63, 3.8) is 0 Å². The van der Waals surface area contributed by atoms with Gasteiger partial charge in [0.05, 0.1) is 33.6 Å². The standard InChI is InChI=1S/C31H32Cl2N6O5/c1-5-39-29(40)27(35-31(42)36-28-24(32)17-34-18-25(28)33)16-26(37-39)20-9-7-8-19(12-20)21-13-22(30(41)43-6-2)15-23(14-21)44-11-10-38(3)4/h7-9,12-18H,5-6,10-11H2,1-4H3,(H2,34,35,36,42). The molecule has 0 radical (unpaired) electrons. The minimum atomic E-state index is -0.719. The van der Waals surface area contributed by atoms with Crippen molar-refractivity contribution in [2.45, 2.75) is 20.4 Å². The van der Waals surface area contributed by atoms with Crippen LogP contribution in [0.4, 0.5) is 16.2 Å². The number of amides is 2. The van der Waals surface area contributed by atoms with Gasteiger partial charge in [-0.1, -0.05) is 41.4 Å². The lowest BCUT2D eigenvalue weighted by molar-refractivity contribution is 0.0526. The number of anilines is 2. The molecule has 2 aromatic heterocycles. The Morgan fingerprint density at radius 2 is 1.68 bits per heavy atom. The molecule has 4 aromatic rings. The molecule has 0 unspecified atom stereocenters. The van der Waals surface area contributed by atoms with Gasteiger partial charge in [0.2, 0.25) is 0 Å². The fourth-order valence-corrected chi connectivity index (χ4v) is 4.63. The Morgan fingerprint density at radius 1 is 0.955 bits per heavy atom. The van der Waals surface area contributed by atoms with Crippen molar-refractivity contribution < 1.29 is 19.1 Å². The van der Waals surface area contributed by atoms with Crippen LogP contribution in [-0.2, 0) is 11.3 Å². The Bertz CT molecular complexity index is 1710. The van der Waals surface area contributed by atoms with Crippen molar-refractivity contribution in [2.24, 2.45) is 0 Å². The van der Waals surface area contributed by atoms with Gasteiger partial charge < -0.3 is 25.0 Å². The molecule has 2 amide bonds. The predicted octanol–water partition coefficient (Wildman–Crippen LogP) is 6.06. The van der Waals surface area contributed by atoms with Crippen LogP contribution in [0.5, 0.6) is 5.75 Å². The fourth-order valence-electron chi connectivity index (χ4n) is 4.17. The third-order valence-electron chi connectivity index (χ3n) is 6.33. The lowest BCUT2D eigenvalue weighted by Crippen LogP contribution is -2.29. The summed E-state index contributed by atoms with van der Waals surface area (Å²) in [5, 5.41) is 9.92. The second-order valence-corrected chi connectivity index (χ2v) is 10.6. The average molecular weight is 640 g/mol. The van der Waals surface area contributed by atoms with E-state index in [9.17, 15) is 14.4 Å². The Kier molecular flexibility index (Phi) is 10.9. The first-order valence-corrected chi connectivity index (χ1v) is 14.5. The van der Waals surface area contributed by atoms with Crippen molar-refractivity contribution in [3.8, 4) is 28.1 Å². The van der Waals surface area contributed by atoms with Gasteiger partial charge in [-0.25, -0.2) is 14.3 Å². The summed E-state index contributed by atoms with van der Waals surface area (Å²) in [7, 11) is 3.90. The van der Waals surface area contributed by atoms with Crippen LogP contribution < -0.4 is 20.9 Å². The van der Waals surface area contributed by atoms with Crippen molar-refractivity contribution in [3.05, 3.63) is 86.9 Å². The Morgan fingerprint density at radius 3 is 2.36 bits per heavy atom. The third kappa shape index (κ3) is 8.13. The normalized spacial score (nSPS) is 10.9. The van der Waals surface area contributed by atoms with Crippen molar-refractivity contribution >= 4 is 46.6 Å². The van der Waals surface area contributed by atoms with Gasteiger partial charge in [-0.2, -0.15) is 5.10 Å². The highest BCUT2D eigenvalue weighted by Gasteiger charge is 2.16. The molecule has 2 aromatic carbocycles. The van der Waals surface area contributed by atoms with E-state index in [1.54, 1.807) is 26.0 Å². The van der Waals surface area contributed by atoms with Crippen LogP contribution in [0.3, 0.4) is 0 Å². The van der Waals surface area contributed by atoms with E-state index in [1.807, 2.05) is 49.3 Å². The molecule has 2 heterocycles. The van der Waals surface area contributed by atoms with Gasteiger partial charge in [-0.3, -0.25) is 9.78 Å². The average Bonchev–Trinajstić information content (AvgIpc) is 3.00. The second-order valence-electron chi connectivity index (χ2n) is 9.82. The maximum atomic E-state index is 13.0. The second kappa shape index (κ2) is 14.8. The minimum Gasteiger partial charge on any atom is -0.492 e. The van der Waals surface area contributed by atoms with Crippen LogP contribution in [0.2, 0.25) is 10.0 Å². The maximum Gasteiger partial charge on any atom is 0.338 e. The number of rotatable bonds is 11. The molecule has 0 aliphatic carbocycles. The molecule has 0 fully saturated rings. The molecule has 13 heteroatoms. The predicted molar refractivity (Wildman–Crippen MR) is 172 cm³/mol. The number of benzene rings is 2. The molecule has 0 aliphatic rings. The number of halogens is 2. The number of nitrogens with zero attached hydrogens (tertiary/aromatic N) is 4. The summed E-state index contributed by atoms with van der Waals surface area (Å²) in [5.41, 5.74) is 2.64. The molecule has 4 rings (SSSR count). The molecule has 230 valence electrons. The number of hydrogen-bond donors (Lipinski definition) is 2. The molecule has 44 heavy (non-hydrogen) atoms. The third-order valence-corrected chi connectivity index (χ3v) is 6.90.